The molecule has 2 saturated heterocycles. The van der Waals surface area contributed by atoms with E-state index < -0.39 is 5.60 Å². The Morgan fingerprint density at radius 3 is 2.71 bits per heavy atom. The number of likely N-dealkylation sites (tertiary alicyclic amines) is 1. The number of hydrogen-bond acceptors (Lipinski definition) is 4. The number of nitrogens with one attached hydrogen (secondary N) is 1. The molecule has 0 unspecified atom stereocenters. The van der Waals surface area contributed by atoms with E-state index in [9.17, 15) is 9.90 Å². The fourth-order valence-corrected chi connectivity index (χ4v) is 2.44. The topological polar surface area (TPSA) is 61.8 Å². The molecule has 2 N–H and O–H groups in total. The first kappa shape index (κ1) is 12.8. The Hall–Kier alpha value is -0.650. The van der Waals surface area contributed by atoms with Gasteiger partial charge in [0.15, 0.2) is 0 Å². The standard InChI is InChI=1S/C12H22N2O3/c1-2-12(16)8-14(9-12)7-11(15)13-10-3-5-17-6-4-10/h10,16H,2-9H2,1H3,(H,13,15). The van der Waals surface area contributed by atoms with E-state index in [1.165, 1.54) is 0 Å². The summed E-state index contributed by atoms with van der Waals surface area (Å²) in [5.74, 6) is 0.0649. The maximum Gasteiger partial charge on any atom is 0.234 e. The summed E-state index contributed by atoms with van der Waals surface area (Å²) in [5.41, 5.74) is -0.557. The maximum atomic E-state index is 11.7. The van der Waals surface area contributed by atoms with Gasteiger partial charge in [-0.3, -0.25) is 9.69 Å². The number of aliphatic hydroxyl groups is 1. The van der Waals surface area contributed by atoms with E-state index in [1.807, 2.05) is 11.8 Å². The SMILES string of the molecule is CCC1(O)CN(CC(=O)NC2CCOCC2)C1. The highest BCUT2D eigenvalue weighted by molar-refractivity contribution is 5.78. The lowest BCUT2D eigenvalue weighted by Gasteiger charge is -2.45. The Morgan fingerprint density at radius 2 is 2.12 bits per heavy atom. The number of ether oxygens (including phenoxy) is 1. The quantitative estimate of drug-likeness (QED) is 0.713. The molecule has 0 saturated carbocycles. The minimum atomic E-state index is -0.557. The van der Waals surface area contributed by atoms with Crippen molar-refractivity contribution in [3.05, 3.63) is 0 Å². The number of carbonyl (C=O) groups excluding carboxylic acids is 1. The normalized spacial score (nSPS) is 25.3. The van der Waals surface area contributed by atoms with Crippen LogP contribution in [0, 0.1) is 0 Å². The van der Waals surface area contributed by atoms with Gasteiger partial charge < -0.3 is 15.2 Å². The van der Waals surface area contributed by atoms with Gasteiger partial charge in [-0.25, -0.2) is 0 Å². The van der Waals surface area contributed by atoms with Crippen LogP contribution in [0.15, 0.2) is 0 Å². The molecular weight excluding hydrogens is 220 g/mol. The van der Waals surface area contributed by atoms with Gasteiger partial charge in [0, 0.05) is 32.3 Å². The van der Waals surface area contributed by atoms with Crippen molar-refractivity contribution in [3.8, 4) is 0 Å². The lowest BCUT2D eigenvalue weighted by molar-refractivity contribution is -0.134. The van der Waals surface area contributed by atoms with Crippen LogP contribution in [0.2, 0.25) is 0 Å². The average Bonchev–Trinajstić information content (AvgIpc) is 2.28. The number of nitrogens with zero attached hydrogens (tertiary/aromatic N) is 1. The zero-order valence-electron chi connectivity index (χ0n) is 10.4. The molecule has 2 heterocycles. The molecule has 5 nitrogen and oxygen atoms in total. The van der Waals surface area contributed by atoms with E-state index in [4.69, 9.17) is 4.74 Å². The van der Waals surface area contributed by atoms with E-state index in [-0.39, 0.29) is 11.9 Å². The van der Waals surface area contributed by atoms with Gasteiger partial charge in [-0.1, -0.05) is 6.92 Å². The molecule has 0 radical (unpaired) electrons. The first-order valence-corrected chi connectivity index (χ1v) is 6.43. The summed E-state index contributed by atoms with van der Waals surface area (Å²) in [6.45, 7) is 5.09. The van der Waals surface area contributed by atoms with Crippen molar-refractivity contribution >= 4 is 5.91 Å². The third-order valence-electron chi connectivity index (χ3n) is 3.65. The second kappa shape index (κ2) is 5.33. The van der Waals surface area contributed by atoms with Crippen LogP contribution in [-0.4, -0.2) is 60.4 Å². The van der Waals surface area contributed by atoms with E-state index in [0.29, 0.717) is 19.6 Å². The van der Waals surface area contributed by atoms with Crippen LogP contribution in [0.5, 0.6) is 0 Å². The Bertz CT molecular complexity index is 271. The van der Waals surface area contributed by atoms with Crippen LogP contribution < -0.4 is 5.32 Å². The monoisotopic (exact) mass is 242 g/mol. The molecule has 2 aliphatic heterocycles. The van der Waals surface area contributed by atoms with Crippen molar-refractivity contribution in [2.45, 2.75) is 37.8 Å². The first-order valence-electron chi connectivity index (χ1n) is 6.43. The molecule has 0 aromatic carbocycles. The summed E-state index contributed by atoms with van der Waals surface area (Å²) in [6, 6.07) is 0.266. The molecular formula is C12H22N2O3. The van der Waals surface area contributed by atoms with E-state index in [2.05, 4.69) is 5.32 Å². The number of hydrogen-bond donors (Lipinski definition) is 2. The van der Waals surface area contributed by atoms with Gasteiger partial charge in [0.05, 0.1) is 12.1 Å². The number of β-amino-alcohol motifs (C(OH)–C–C–N with tert-alkyl or cyclic N) is 1. The molecule has 5 heteroatoms. The number of amides is 1. The summed E-state index contributed by atoms with van der Waals surface area (Å²) in [4.78, 5) is 13.7. The number of carbonyl (C=O) groups is 1. The van der Waals surface area contributed by atoms with Crippen molar-refractivity contribution in [3.63, 3.8) is 0 Å². The molecule has 0 bridgehead atoms. The molecule has 2 fully saturated rings. The zero-order valence-corrected chi connectivity index (χ0v) is 10.4. The van der Waals surface area contributed by atoms with Crippen LogP contribution in [0.1, 0.15) is 26.2 Å². The van der Waals surface area contributed by atoms with Crippen molar-refractivity contribution in [1.82, 2.24) is 10.2 Å². The number of rotatable bonds is 4. The summed E-state index contributed by atoms with van der Waals surface area (Å²) in [5, 5.41) is 12.9. The minimum Gasteiger partial charge on any atom is -0.387 e. The Labute approximate surface area is 102 Å². The summed E-state index contributed by atoms with van der Waals surface area (Å²) in [6.07, 6.45) is 2.57. The Morgan fingerprint density at radius 1 is 1.47 bits per heavy atom. The molecule has 0 aliphatic carbocycles. The van der Waals surface area contributed by atoms with Crippen LogP contribution in [-0.2, 0) is 9.53 Å². The molecule has 1 amide bonds. The summed E-state index contributed by atoms with van der Waals surface area (Å²) >= 11 is 0. The molecule has 0 aromatic rings. The minimum absolute atomic E-state index is 0.0649. The van der Waals surface area contributed by atoms with E-state index in [0.717, 1.165) is 32.5 Å². The second-order valence-electron chi connectivity index (χ2n) is 5.18. The first-order chi connectivity index (χ1) is 8.11. The molecule has 0 aromatic heterocycles. The van der Waals surface area contributed by atoms with Crippen LogP contribution in [0.3, 0.4) is 0 Å². The highest BCUT2D eigenvalue weighted by Crippen LogP contribution is 2.23. The third-order valence-corrected chi connectivity index (χ3v) is 3.65. The Balaban J connectivity index is 1.65. The van der Waals surface area contributed by atoms with Crippen molar-refractivity contribution in [1.29, 1.82) is 0 Å². The highest BCUT2D eigenvalue weighted by Gasteiger charge is 2.39. The van der Waals surface area contributed by atoms with Gasteiger partial charge >= 0.3 is 0 Å². The van der Waals surface area contributed by atoms with E-state index >= 15 is 0 Å². The van der Waals surface area contributed by atoms with E-state index in [1.54, 1.807) is 0 Å². The van der Waals surface area contributed by atoms with Gasteiger partial charge in [0.25, 0.3) is 0 Å². The zero-order chi connectivity index (χ0) is 12.3. The molecule has 0 spiro atoms. The lowest BCUT2D eigenvalue weighted by Crippen LogP contribution is -2.63. The Kier molecular flexibility index (Phi) is 4.01. The van der Waals surface area contributed by atoms with Crippen LogP contribution in [0.4, 0.5) is 0 Å². The summed E-state index contributed by atoms with van der Waals surface area (Å²) in [7, 11) is 0. The summed E-state index contributed by atoms with van der Waals surface area (Å²) < 4.78 is 5.24. The molecule has 0 atom stereocenters. The largest absolute Gasteiger partial charge is 0.387 e. The second-order valence-corrected chi connectivity index (χ2v) is 5.18. The predicted molar refractivity (Wildman–Crippen MR) is 63.7 cm³/mol. The van der Waals surface area contributed by atoms with Gasteiger partial charge in [-0.05, 0) is 19.3 Å². The van der Waals surface area contributed by atoms with Crippen molar-refractivity contribution in [2.24, 2.45) is 0 Å². The van der Waals surface area contributed by atoms with Crippen molar-refractivity contribution < 1.29 is 14.6 Å². The smallest absolute Gasteiger partial charge is 0.234 e. The van der Waals surface area contributed by atoms with Gasteiger partial charge in [-0.2, -0.15) is 0 Å². The van der Waals surface area contributed by atoms with Gasteiger partial charge in [0.2, 0.25) is 5.91 Å². The lowest BCUT2D eigenvalue weighted by atomic mass is 9.91. The maximum absolute atomic E-state index is 11.7. The average molecular weight is 242 g/mol. The molecule has 2 rings (SSSR count). The molecule has 17 heavy (non-hydrogen) atoms. The van der Waals surface area contributed by atoms with Crippen molar-refractivity contribution in [2.75, 3.05) is 32.8 Å². The molecule has 98 valence electrons. The van der Waals surface area contributed by atoms with Crippen LogP contribution in [0.25, 0.3) is 0 Å². The van der Waals surface area contributed by atoms with Crippen LogP contribution >= 0.6 is 0 Å². The predicted octanol–water partition coefficient (Wildman–Crippen LogP) is -0.262. The fraction of sp³-hybridized carbons (Fsp3) is 0.917. The highest BCUT2D eigenvalue weighted by atomic mass is 16.5. The van der Waals surface area contributed by atoms with Gasteiger partial charge in [-0.15, -0.1) is 0 Å². The fourth-order valence-electron chi connectivity index (χ4n) is 2.44. The molecule has 2 aliphatic rings. The third kappa shape index (κ3) is 3.40. The van der Waals surface area contributed by atoms with Gasteiger partial charge in [0.1, 0.15) is 0 Å².